The third kappa shape index (κ3) is 6.28. The van der Waals surface area contributed by atoms with Crippen LogP contribution in [0, 0.1) is 12.7 Å². The number of nitrogens with zero attached hydrogens (tertiary/aromatic N) is 3. The number of benzene rings is 1. The Balaban J connectivity index is 1.56. The highest BCUT2D eigenvalue weighted by molar-refractivity contribution is 7.22. The summed E-state index contributed by atoms with van der Waals surface area (Å²) in [5.41, 5.74) is -2.99. The van der Waals surface area contributed by atoms with Crippen molar-refractivity contribution in [2.45, 2.75) is 109 Å². The zero-order chi connectivity index (χ0) is 33.8. The number of aryl methyl sites for hydroxylation is 1. The summed E-state index contributed by atoms with van der Waals surface area (Å²) in [5.74, 6) is -0.556. The van der Waals surface area contributed by atoms with E-state index in [2.05, 4.69) is 4.98 Å². The lowest BCUT2D eigenvalue weighted by molar-refractivity contribution is -0.164. The molecule has 252 valence electrons. The second-order valence-corrected chi connectivity index (χ2v) is 14.7. The van der Waals surface area contributed by atoms with Gasteiger partial charge in [-0.25, -0.2) is 23.5 Å². The Morgan fingerprint density at radius 3 is 2.47 bits per heavy atom. The number of methoxy groups -OCH3 is 1. The van der Waals surface area contributed by atoms with Gasteiger partial charge in [-0.05, 0) is 91.0 Å². The van der Waals surface area contributed by atoms with Crippen LogP contribution in [0.15, 0.2) is 44.7 Å². The molecule has 2 saturated heterocycles. The predicted molar refractivity (Wildman–Crippen MR) is 173 cm³/mol. The van der Waals surface area contributed by atoms with Crippen LogP contribution >= 0.6 is 11.3 Å². The van der Waals surface area contributed by atoms with Crippen molar-refractivity contribution >= 4 is 27.5 Å². The fraction of sp³-hybridized carbons (Fsp3) is 0.529. The fourth-order valence-corrected chi connectivity index (χ4v) is 7.77. The van der Waals surface area contributed by atoms with Crippen molar-refractivity contribution in [3.63, 3.8) is 0 Å². The maximum absolute atomic E-state index is 14.8. The summed E-state index contributed by atoms with van der Waals surface area (Å²) in [6.07, 6.45) is 5.19. The smallest absolute Gasteiger partial charge is 0.333 e. The molecule has 13 heteroatoms. The summed E-state index contributed by atoms with van der Waals surface area (Å²) < 4.78 is 46.9. The number of rotatable bonds is 9. The molecule has 2 aliphatic rings. The molecule has 3 aromatic heterocycles. The molecule has 2 aliphatic heterocycles. The van der Waals surface area contributed by atoms with Crippen LogP contribution < -0.4 is 16.0 Å². The lowest BCUT2D eigenvalue weighted by Gasteiger charge is -2.33. The number of thiophene rings is 1. The van der Waals surface area contributed by atoms with E-state index in [0.29, 0.717) is 39.4 Å². The Labute approximate surface area is 275 Å². The first-order chi connectivity index (χ1) is 22.2. The van der Waals surface area contributed by atoms with Gasteiger partial charge in [0.05, 0.1) is 48.4 Å². The molecule has 47 heavy (non-hydrogen) atoms. The average molecular weight is 670 g/mol. The van der Waals surface area contributed by atoms with Gasteiger partial charge in [0.1, 0.15) is 39.9 Å². The highest BCUT2D eigenvalue weighted by Gasteiger charge is 2.40. The number of aromatic nitrogens is 3. The Morgan fingerprint density at radius 1 is 1.15 bits per heavy atom. The molecule has 0 aliphatic carbocycles. The van der Waals surface area contributed by atoms with E-state index in [1.807, 2.05) is 0 Å². The normalized spacial score (nSPS) is 20.5. The SMILES string of the molecule is COc1ccc(F)cc1[C@H](Cn1c(=O)n(C(C)(C)C(=O)OC(C)(C)C)c(=O)c2c(C)c(-c3ncco3)sc21)O[C@@H]1C[C@H]2CC[C@@H](C1)O2. The van der Waals surface area contributed by atoms with E-state index in [-0.39, 0.29) is 36.1 Å². The highest BCUT2D eigenvalue weighted by atomic mass is 32.1. The van der Waals surface area contributed by atoms with Crippen molar-refractivity contribution < 1.29 is 32.5 Å². The molecule has 6 rings (SSSR count). The van der Waals surface area contributed by atoms with Crippen LogP contribution in [0.25, 0.3) is 21.0 Å². The van der Waals surface area contributed by atoms with Gasteiger partial charge in [-0.2, -0.15) is 0 Å². The molecule has 4 atom stereocenters. The molecule has 0 amide bonds. The number of fused-ring (bicyclic) bond motifs is 3. The van der Waals surface area contributed by atoms with Crippen LogP contribution in [0.1, 0.15) is 77.5 Å². The lowest BCUT2D eigenvalue weighted by atomic mass is 10.0. The first-order valence-electron chi connectivity index (χ1n) is 15.7. The van der Waals surface area contributed by atoms with Gasteiger partial charge in [-0.15, -0.1) is 11.3 Å². The molecular weight excluding hydrogens is 629 g/mol. The van der Waals surface area contributed by atoms with Crippen molar-refractivity contribution in [2.24, 2.45) is 0 Å². The van der Waals surface area contributed by atoms with E-state index in [1.165, 1.54) is 67.5 Å². The molecule has 1 aromatic carbocycles. The van der Waals surface area contributed by atoms with Crippen molar-refractivity contribution in [1.29, 1.82) is 0 Å². The summed E-state index contributed by atoms with van der Waals surface area (Å²) in [6.45, 7) is 9.75. The van der Waals surface area contributed by atoms with E-state index >= 15 is 0 Å². The van der Waals surface area contributed by atoms with Gasteiger partial charge >= 0.3 is 11.7 Å². The van der Waals surface area contributed by atoms with Gasteiger partial charge in [-0.1, -0.05) is 0 Å². The quantitative estimate of drug-likeness (QED) is 0.201. The number of hydrogen-bond acceptors (Lipinski definition) is 10. The summed E-state index contributed by atoms with van der Waals surface area (Å²) in [7, 11) is 1.49. The number of esters is 1. The van der Waals surface area contributed by atoms with Crippen molar-refractivity contribution in [3.05, 3.63) is 68.4 Å². The number of ether oxygens (including phenoxy) is 4. The number of halogens is 1. The summed E-state index contributed by atoms with van der Waals surface area (Å²) >= 11 is 1.18. The Morgan fingerprint density at radius 2 is 1.85 bits per heavy atom. The van der Waals surface area contributed by atoms with Crippen LogP contribution in [-0.4, -0.2) is 51.1 Å². The van der Waals surface area contributed by atoms with Crippen LogP contribution in [-0.2, 0) is 31.1 Å². The molecule has 0 spiro atoms. The summed E-state index contributed by atoms with van der Waals surface area (Å²) in [5, 5.41) is 0.230. The van der Waals surface area contributed by atoms with Gasteiger partial charge in [0.25, 0.3) is 5.56 Å². The highest BCUT2D eigenvalue weighted by Crippen LogP contribution is 2.40. The van der Waals surface area contributed by atoms with Crippen molar-refractivity contribution in [1.82, 2.24) is 14.1 Å². The molecule has 5 heterocycles. The van der Waals surface area contributed by atoms with Crippen LogP contribution in [0.5, 0.6) is 5.75 Å². The monoisotopic (exact) mass is 669 g/mol. The second kappa shape index (κ2) is 12.3. The Bertz CT molecular complexity index is 1910. The van der Waals surface area contributed by atoms with Gasteiger partial charge in [-0.3, -0.25) is 9.36 Å². The lowest BCUT2D eigenvalue weighted by Crippen LogP contribution is -2.54. The maximum Gasteiger partial charge on any atom is 0.333 e. The van der Waals surface area contributed by atoms with E-state index in [4.69, 9.17) is 23.4 Å². The molecule has 4 aromatic rings. The zero-order valence-electron chi connectivity index (χ0n) is 27.6. The van der Waals surface area contributed by atoms with Crippen molar-refractivity contribution in [2.75, 3.05) is 7.11 Å². The average Bonchev–Trinajstić information content (AvgIpc) is 3.72. The van der Waals surface area contributed by atoms with E-state index in [1.54, 1.807) is 27.7 Å². The van der Waals surface area contributed by atoms with Crippen molar-refractivity contribution in [3.8, 4) is 16.5 Å². The summed E-state index contributed by atoms with van der Waals surface area (Å²) in [4.78, 5) is 47.7. The minimum atomic E-state index is -1.69. The largest absolute Gasteiger partial charge is 0.496 e. The number of oxazole rings is 1. The molecule has 2 bridgehead atoms. The first-order valence-corrected chi connectivity index (χ1v) is 16.6. The van der Waals surface area contributed by atoms with Crippen LogP contribution in [0.4, 0.5) is 4.39 Å². The maximum atomic E-state index is 14.8. The standard InChI is InChI=1S/C34H40FN3O8S/c1-18-26-29(39)38(34(5,6)31(40)46-33(2,3)4)32(41)37(30(26)47-27(18)28-36-12-13-43-28)17-25(23-14-19(35)8-11-24(23)42-7)45-22-15-20-9-10-21(16-22)44-20/h8,11-14,20-22,25H,9-10,15-17H2,1-7H3/t20-,21+,22-,25-/m0/s1. The van der Waals surface area contributed by atoms with Crippen LogP contribution in [0.2, 0.25) is 0 Å². The number of hydrogen-bond donors (Lipinski definition) is 0. The van der Waals surface area contributed by atoms with Gasteiger partial charge in [0.2, 0.25) is 5.89 Å². The third-order valence-corrected chi connectivity index (χ3v) is 10.1. The van der Waals surface area contributed by atoms with E-state index in [9.17, 15) is 18.8 Å². The van der Waals surface area contributed by atoms with E-state index < -0.39 is 40.3 Å². The molecule has 2 fully saturated rings. The van der Waals surface area contributed by atoms with E-state index in [0.717, 1.165) is 17.4 Å². The zero-order valence-corrected chi connectivity index (χ0v) is 28.4. The Kier molecular flexibility index (Phi) is 8.69. The molecular formula is C34H40FN3O8S. The minimum Gasteiger partial charge on any atom is -0.496 e. The summed E-state index contributed by atoms with van der Waals surface area (Å²) in [6, 6.07) is 4.17. The molecule has 0 N–H and O–H groups in total. The molecule has 0 unspecified atom stereocenters. The van der Waals surface area contributed by atoms with Gasteiger partial charge in [0, 0.05) is 5.56 Å². The number of carbonyl (C=O) groups is 1. The molecule has 11 nitrogen and oxygen atoms in total. The van der Waals surface area contributed by atoms with Gasteiger partial charge in [0.15, 0.2) is 0 Å². The Hall–Kier alpha value is -3.81. The fourth-order valence-electron chi connectivity index (χ4n) is 6.52. The molecule has 0 radical (unpaired) electrons. The minimum absolute atomic E-state index is 0.0723. The van der Waals surface area contributed by atoms with Gasteiger partial charge < -0.3 is 23.4 Å². The topological polar surface area (TPSA) is 124 Å². The number of carbonyl (C=O) groups excluding carboxylic acids is 1. The second-order valence-electron chi connectivity index (χ2n) is 13.7. The predicted octanol–water partition coefficient (Wildman–Crippen LogP) is 5.88. The first kappa shape index (κ1) is 33.1. The molecule has 0 saturated carbocycles. The van der Waals surface area contributed by atoms with Crippen LogP contribution in [0.3, 0.4) is 0 Å². The third-order valence-electron chi connectivity index (χ3n) is 8.79.